The number of hydrogen-bond acceptors (Lipinski definition) is 8. The summed E-state index contributed by atoms with van der Waals surface area (Å²) in [6.07, 6.45) is 0.458. The number of aromatic nitrogens is 2. The van der Waals surface area contributed by atoms with Crippen LogP contribution < -0.4 is 10.2 Å². The number of rotatable bonds is 8. The van der Waals surface area contributed by atoms with Crippen molar-refractivity contribution in [2.75, 3.05) is 27.5 Å². The van der Waals surface area contributed by atoms with Crippen molar-refractivity contribution in [3.8, 4) is 0 Å². The molecule has 2 aromatic carbocycles. The zero-order valence-electron chi connectivity index (χ0n) is 16.7. The maximum absolute atomic E-state index is 13.1. The van der Waals surface area contributed by atoms with Crippen LogP contribution in [0, 0.1) is 0 Å². The van der Waals surface area contributed by atoms with E-state index in [4.69, 9.17) is 0 Å². The molecule has 0 radical (unpaired) electrons. The Bertz CT molecular complexity index is 1120. The van der Waals surface area contributed by atoms with Crippen LogP contribution in [0.4, 0.5) is 10.8 Å². The number of nitrogens with zero attached hydrogens (tertiary/aromatic N) is 3. The highest BCUT2D eigenvalue weighted by atomic mass is 32.2. The molecule has 31 heavy (non-hydrogen) atoms. The molecule has 1 saturated heterocycles. The number of benzene rings is 2. The first kappa shape index (κ1) is 21.8. The number of nitrogens with one attached hydrogen (secondary N) is 1. The molecule has 7 nitrogen and oxygen atoms in total. The van der Waals surface area contributed by atoms with E-state index in [1.165, 1.54) is 23.1 Å². The van der Waals surface area contributed by atoms with E-state index in [0.29, 0.717) is 22.4 Å². The molecule has 1 aliphatic heterocycles. The number of hydrogen-bond donors (Lipinski definition) is 1. The second-order valence-electron chi connectivity index (χ2n) is 7.16. The second-order valence-corrected chi connectivity index (χ2v) is 11.6. The lowest BCUT2D eigenvalue weighted by molar-refractivity contribution is -0.116. The van der Waals surface area contributed by atoms with Crippen LogP contribution >= 0.6 is 23.1 Å². The summed E-state index contributed by atoms with van der Waals surface area (Å²) in [5.41, 5.74) is 1.87. The van der Waals surface area contributed by atoms with Gasteiger partial charge in [-0.05, 0) is 24.1 Å². The van der Waals surface area contributed by atoms with Gasteiger partial charge in [-0.1, -0.05) is 71.6 Å². The largest absolute Gasteiger partial charge is 0.356 e. The third kappa shape index (κ3) is 5.84. The van der Waals surface area contributed by atoms with Crippen molar-refractivity contribution >= 4 is 49.7 Å². The molecule has 0 bridgehead atoms. The van der Waals surface area contributed by atoms with Crippen LogP contribution in [0.3, 0.4) is 0 Å². The van der Waals surface area contributed by atoms with E-state index in [9.17, 15) is 13.2 Å². The molecule has 162 valence electrons. The minimum atomic E-state index is -3.10. The van der Waals surface area contributed by atoms with E-state index in [1.54, 1.807) is 4.90 Å². The maximum atomic E-state index is 13.1. The van der Waals surface area contributed by atoms with Crippen molar-refractivity contribution < 1.29 is 13.2 Å². The van der Waals surface area contributed by atoms with E-state index in [1.807, 2.05) is 60.7 Å². The Morgan fingerprint density at radius 2 is 1.81 bits per heavy atom. The van der Waals surface area contributed by atoms with E-state index in [2.05, 4.69) is 15.5 Å². The lowest BCUT2D eigenvalue weighted by atomic mass is 10.2. The van der Waals surface area contributed by atoms with Gasteiger partial charge in [-0.25, -0.2) is 8.42 Å². The van der Waals surface area contributed by atoms with E-state index < -0.39 is 9.84 Å². The van der Waals surface area contributed by atoms with E-state index >= 15 is 0 Å². The van der Waals surface area contributed by atoms with Gasteiger partial charge in [-0.3, -0.25) is 4.79 Å². The predicted octanol–water partition coefficient (Wildman–Crippen LogP) is 3.46. The number of amides is 1. The van der Waals surface area contributed by atoms with Gasteiger partial charge in [0.05, 0.1) is 23.3 Å². The maximum Gasteiger partial charge on any atom is 0.237 e. The number of thioether (sulfide) groups is 1. The fourth-order valence-corrected chi connectivity index (χ4v) is 6.74. The normalized spacial score (nSPS) is 17.4. The van der Waals surface area contributed by atoms with Crippen molar-refractivity contribution in [1.29, 1.82) is 0 Å². The molecule has 1 N–H and O–H groups in total. The van der Waals surface area contributed by atoms with Crippen molar-refractivity contribution in [2.45, 2.75) is 23.3 Å². The lowest BCUT2D eigenvalue weighted by Gasteiger charge is -2.28. The summed E-state index contributed by atoms with van der Waals surface area (Å²) in [5.74, 6) is 0.157. The highest BCUT2D eigenvalue weighted by molar-refractivity contribution is 8.01. The SMILES string of the molecule is O=C(CSc1nnc(NCc2ccccc2)s1)N(c1ccccc1)[C@@H]1CCS(=O)(=O)C1. The monoisotopic (exact) mass is 474 g/mol. The Kier molecular flexibility index (Phi) is 6.89. The third-order valence-electron chi connectivity index (χ3n) is 4.89. The molecule has 1 fully saturated rings. The van der Waals surface area contributed by atoms with Gasteiger partial charge >= 0.3 is 0 Å². The number of para-hydroxylation sites is 1. The van der Waals surface area contributed by atoms with Gasteiger partial charge in [0.25, 0.3) is 0 Å². The van der Waals surface area contributed by atoms with Gasteiger partial charge < -0.3 is 10.2 Å². The third-order valence-corrected chi connectivity index (χ3v) is 8.64. The quantitative estimate of drug-likeness (QED) is 0.500. The van der Waals surface area contributed by atoms with Crippen LogP contribution in [-0.4, -0.2) is 47.8 Å². The number of sulfone groups is 1. The Labute approximate surface area is 189 Å². The van der Waals surface area contributed by atoms with Crippen molar-refractivity contribution in [3.05, 3.63) is 66.2 Å². The Hall–Kier alpha value is -2.43. The number of anilines is 2. The first-order chi connectivity index (χ1) is 15.0. The fourth-order valence-electron chi connectivity index (χ4n) is 3.43. The smallest absolute Gasteiger partial charge is 0.237 e. The average molecular weight is 475 g/mol. The molecule has 1 atom stereocenters. The first-order valence-electron chi connectivity index (χ1n) is 9.82. The van der Waals surface area contributed by atoms with Gasteiger partial charge in [-0.2, -0.15) is 0 Å². The number of carbonyl (C=O) groups excluding carboxylic acids is 1. The van der Waals surface area contributed by atoms with Crippen LogP contribution in [0.1, 0.15) is 12.0 Å². The molecule has 2 heterocycles. The summed E-state index contributed by atoms with van der Waals surface area (Å²) in [7, 11) is -3.10. The average Bonchev–Trinajstić information content (AvgIpc) is 3.38. The summed E-state index contributed by atoms with van der Waals surface area (Å²) in [5, 5.41) is 12.2. The standard InChI is InChI=1S/C21H22N4O3S3/c26-19(25(17-9-5-2-6-10-17)18-11-12-31(27,28)15-18)14-29-21-24-23-20(30-21)22-13-16-7-3-1-4-8-16/h1-10,18H,11-15H2,(H,22,23)/t18-/m1/s1. The Morgan fingerprint density at radius 1 is 1.10 bits per heavy atom. The zero-order valence-corrected chi connectivity index (χ0v) is 19.1. The molecule has 3 aromatic rings. The molecule has 4 rings (SSSR count). The first-order valence-corrected chi connectivity index (χ1v) is 13.4. The summed E-state index contributed by atoms with van der Waals surface area (Å²) in [6, 6.07) is 18.9. The molecule has 0 aliphatic carbocycles. The topological polar surface area (TPSA) is 92.3 Å². The Morgan fingerprint density at radius 3 is 2.48 bits per heavy atom. The molecule has 0 unspecified atom stereocenters. The highest BCUT2D eigenvalue weighted by Gasteiger charge is 2.35. The van der Waals surface area contributed by atoms with Crippen molar-refractivity contribution in [3.63, 3.8) is 0 Å². The molecular formula is C21H22N4O3S3. The lowest BCUT2D eigenvalue weighted by Crippen LogP contribution is -2.42. The molecular weight excluding hydrogens is 452 g/mol. The van der Waals surface area contributed by atoms with Crippen molar-refractivity contribution in [2.24, 2.45) is 0 Å². The van der Waals surface area contributed by atoms with Crippen LogP contribution in [0.5, 0.6) is 0 Å². The van der Waals surface area contributed by atoms with Gasteiger partial charge in [0.2, 0.25) is 11.0 Å². The minimum absolute atomic E-state index is 0.00463. The van der Waals surface area contributed by atoms with Crippen LogP contribution in [0.25, 0.3) is 0 Å². The molecule has 1 aliphatic rings. The summed E-state index contributed by atoms with van der Waals surface area (Å²) >= 11 is 2.71. The van der Waals surface area contributed by atoms with E-state index in [-0.39, 0.29) is 29.2 Å². The van der Waals surface area contributed by atoms with Crippen LogP contribution in [0.15, 0.2) is 65.0 Å². The predicted molar refractivity (Wildman–Crippen MR) is 125 cm³/mol. The molecule has 1 amide bonds. The van der Waals surface area contributed by atoms with Crippen LogP contribution in [-0.2, 0) is 21.2 Å². The van der Waals surface area contributed by atoms with Crippen molar-refractivity contribution in [1.82, 2.24) is 10.2 Å². The summed E-state index contributed by atoms with van der Waals surface area (Å²) in [6.45, 7) is 0.650. The van der Waals surface area contributed by atoms with Gasteiger partial charge in [-0.15, -0.1) is 10.2 Å². The molecule has 1 aromatic heterocycles. The highest BCUT2D eigenvalue weighted by Crippen LogP contribution is 2.29. The summed E-state index contributed by atoms with van der Waals surface area (Å²) in [4.78, 5) is 14.7. The zero-order chi connectivity index (χ0) is 21.7. The fraction of sp³-hybridized carbons (Fsp3) is 0.286. The van der Waals surface area contributed by atoms with Gasteiger partial charge in [0, 0.05) is 12.2 Å². The van der Waals surface area contributed by atoms with Gasteiger partial charge in [0.1, 0.15) is 0 Å². The summed E-state index contributed by atoms with van der Waals surface area (Å²) < 4.78 is 24.6. The second kappa shape index (κ2) is 9.80. The minimum Gasteiger partial charge on any atom is -0.356 e. The molecule has 0 spiro atoms. The molecule has 10 heteroatoms. The number of carbonyl (C=O) groups is 1. The Balaban J connectivity index is 1.38. The van der Waals surface area contributed by atoms with Crippen LogP contribution in [0.2, 0.25) is 0 Å². The van der Waals surface area contributed by atoms with Gasteiger partial charge in [0.15, 0.2) is 14.2 Å². The van der Waals surface area contributed by atoms with E-state index in [0.717, 1.165) is 11.3 Å². The molecule has 0 saturated carbocycles.